The second-order valence-electron chi connectivity index (χ2n) is 6.09. The van der Waals surface area contributed by atoms with E-state index in [2.05, 4.69) is 15.5 Å². The minimum atomic E-state index is -0.328. The fraction of sp³-hybridized carbons (Fsp3) is 0.190. The molecular weight excluding hydrogens is 458 g/mol. The number of ether oxygens (including phenoxy) is 2. The Balaban J connectivity index is 1.66. The number of para-hydroxylation sites is 1. The van der Waals surface area contributed by atoms with Crippen LogP contribution >= 0.6 is 34.7 Å². The van der Waals surface area contributed by atoms with Gasteiger partial charge in [0.25, 0.3) is 0 Å². The first kappa shape index (κ1) is 22.9. The molecule has 0 saturated carbocycles. The van der Waals surface area contributed by atoms with Crippen molar-refractivity contribution in [3.63, 3.8) is 0 Å². The summed E-state index contributed by atoms with van der Waals surface area (Å²) in [7, 11) is 1.61. The zero-order valence-electron chi connectivity index (χ0n) is 16.8. The van der Waals surface area contributed by atoms with Crippen molar-refractivity contribution >= 4 is 52.0 Å². The summed E-state index contributed by atoms with van der Waals surface area (Å²) in [5.74, 6) is 0.409. The summed E-state index contributed by atoms with van der Waals surface area (Å²) in [4.78, 5) is 17.5. The fourth-order valence-electron chi connectivity index (χ4n) is 2.55. The van der Waals surface area contributed by atoms with E-state index in [1.165, 1.54) is 29.3 Å². The SMILES string of the molecule is CCOC(=O)Cc1csc(NN=Cc2c(O)cc(Sc3ccccc3OC)cc2Cl)n1. The maximum absolute atomic E-state index is 11.5. The number of nitrogens with one attached hydrogen (secondary N) is 1. The molecule has 0 spiro atoms. The van der Waals surface area contributed by atoms with E-state index in [1.54, 1.807) is 31.5 Å². The highest BCUT2D eigenvalue weighted by Crippen LogP contribution is 2.38. The van der Waals surface area contributed by atoms with Crippen molar-refractivity contribution < 1.29 is 19.4 Å². The zero-order valence-corrected chi connectivity index (χ0v) is 19.2. The second kappa shape index (κ2) is 11.0. The van der Waals surface area contributed by atoms with Crippen molar-refractivity contribution in [2.24, 2.45) is 5.10 Å². The standard InChI is InChI=1S/C21H20ClN3O4S2/c1-3-29-20(27)8-13-12-30-21(24-13)25-23-11-15-16(22)9-14(10-17(15)26)31-19-7-5-4-6-18(19)28-2/h4-7,9-12,26H,3,8H2,1-2H3,(H,24,25). The topological polar surface area (TPSA) is 93.0 Å². The van der Waals surface area contributed by atoms with Crippen molar-refractivity contribution in [2.45, 2.75) is 23.1 Å². The van der Waals surface area contributed by atoms with Gasteiger partial charge in [0.15, 0.2) is 0 Å². The van der Waals surface area contributed by atoms with Gasteiger partial charge in [0.1, 0.15) is 11.5 Å². The number of carbonyl (C=O) groups is 1. The van der Waals surface area contributed by atoms with Crippen molar-refractivity contribution in [1.29, 1.82) is 0 Å². The number of anilines is 1. The Morgan fingerprint density at radius 1 is 1.39 bits per heavy atom. The molecule has 3 aromatic rings. The van der Waals surface area contributed by atoms with E-state index in [0.717, 1.165) is 15.5 Å². The van der Waals surface area contributed by atoms with Crippen molar-refractivity contribution in [2.75, 3.05) is 19.1 Å². The largest absolute Gasteiger partial charge is 0.507 e. The lowest BCUT2D eigenvalue weighted by Crippen LogP contribution is -2.07. The predicted molar refractivity (Wildman–Crippen MR) is 124 cm³/mol. The molecule has 0 atom stereocenters. The van der Waals surface area contributed by atoms with E-state index < -0.39 is 0 Å². The Kier molecular flexibility index (Phi) is 8.16. The van der Waals surface area contributed by atoms with E-state index in [-0.39, 0.29) is 18.1 Å². The quantitative estimate of drug-likeness (QED) is 0.248. The fourth-order valence-corrected chi connectivity index (χ4v) is 4.53. The van der Waals surface area contributed by atoms with Crippen LogP contribution in [0.2, 0.25) is 5.02 Å². The van der Waals surface area contributed by atoms with Gasteiger partial charge in [0, 0.05) is 10.3 Å². The molecule has 1 aromatic heterocycles. The van der Waals surface area contributed by atoms with E-state index in [4.69, 9.17) is 21.1 Å². The number of rotatable bonds is 9. The number of phenols is 1. The molecule has 0 radical (unpaired) electrons. The summed E-state index contributed by atoms with van der Waals surface area (Å²) in [6, 6.07) is 11.0. The number of aromatic hydroxyl groups is 1. The number of hydrogen-bond acceptors (Lipinski definition) is 9. The van der Waals surface area contributed by atoms with Crippen LogP contribution in [0.25, 0.3) is 0 Å². The number of aromatic nitrogens is 1. The smallest absolute Gasteiger partial charge is 0.311 e. The van der Waals surface area contributed by atoms with Gasteiger partial charge < -0.3 is 14.6 Å². The summed E-state index contributed by atoms with van der Waals surface area (Å²) in [6.45, 7) is 2.09. The number of hydrogen-bond donors (Lipinski definition) is 2. The van der Waals surface area contributed by atoms with Gasteiger partial charge in [-0.3, -0.25) is 10.2 Å². The third-order valence-corrected chi connectivity index (χ3v) is 6.05. The first-order valence-corrected chi connectivity index (χ1v) is 11.3. The van der Waals surface area contributed by atoms with Crippen LogP contribution in [0.5, 0.6) is 11.5 Å². The monoisotopic (exact) mass is 477 g/mol. The normalized spacial score (nSPS) is 10.9. The molecule has 7 nitrogen and oxygen atoms in total. The van der Waals surface area contributed by atoms with Crippen LogP contribution in [0.4, 0.5) is 5.13 Å². The molecule has 2 N–H and O–H groups in total. The molecular formula is C21H20ClN3O4S2. The maximum Gasteiger partial charge on any atom is 0.311 e. The molecule has 0 aliphatic rings. The Hall–Kier alpha value is -2.75. The number of hydrazone groups is 1. The second-order valence-corrected chi connectivity index (χ2v) is 8.47. The van der Waals surface area contributed by atoms with Gasteiger partial charge in [0.05, 0.1) is 47.5 Å². The van der Waals surface area contributed by atoms with Crippen LogP contribution in [0.1, 0.15) is 18.2 Å². The Bertz CT molecular complexity index is 1060. The lowest BCUT2D eigenvalue weighted by Gasteiger charge is -2.09. The summed E-state index contributed by atoms with van der Waals surface area (Å²) in [6.07, 6.45) is 1.52. The highest BCUT2D eigenvalue weighted by Gasteiger charge is 2.11. The lowest BCUT2D eigenvalue weighted by molar-refractivity contribution is -0.142. The van der Waals surface area contributed by atoms with E-state index >= 15 is 0 Å². The molecule has 162 valence electrons. The molecule has 0 bridgehead atoms. The third kappa shape index (κ3) is 6.36. The molecule has 10 heteroatoms. The van der Waals surface area contributed by atoms with Gasteiger partial charge in [-0.05, 0) is 31.2 Å². The van der Waals surface area contributed by atoms with Crippen molar-refractivity contribution in [3.05, 3.63) is 58.1 Å². The highest BCUT2D eigenvalue weighted by atomic mass is 35.5. The number of phenolic OH excluding ortho intramolecular Hbond substituents is 1. The first-order valence-electron chi connectivity index (χ1n) is 9.22. The minimum Gasteiger partial charge on any atom is -0.507 e. The van der Waals surface area contributed by atoms with Gasteiger partial charge in [-0.25, -0.2) is 4.98 Å². The van der Waals surface area contributed by atoms with Gasteiger partial charge >= 0.3 is 5.97 Å². The highest BCUT2D eigenvalue weighted by molar-refractivity contribution is 7.99. The molecule has 0 saturated heterocycles. The van der Waals surface area contributed by atoms with Crippen LogP contribution in [-0.2, 0) is 16.0 Å². The van der Waals surface area contributed by atoms with Gasteiger partial charge in [0.2, 0.25) is 5.13 Å². The van der Waals surface area contributed by atoms with E-state index in [1.807, 2.05) is 24.3 Å². The maximum atomic E-state index is 11.5. The average molecular weight is 478 g/mol. The van der Waals surface area contributed by atoms with Crippen LogP contribution in [0.15, 0.2) is 56.7 Å². The summed E-state index contributed by atoms with van der Waals surface area (Å²) in [5.41, 5.74) is 3.75. The summed E-state index contributed by atoms with van der Waals surface area (Å²) >= 11 is 9.10. The lowest BCUT2D eigenvalue weighted by atomic mass is 10.2. The van der Waals surface area contributed by atoms with Crippen molar-refractivity contribution in [1.82, 2.24) is 4.98 Å². The molecule has 0 aliphatic carbocycles. The van der Waals surface area contributed by atoms with Gasteiger partial charge in [-0.15, -0.1) is 11.3 Å². The molecule has 0 aliphatic heterocycles. The molecule has 2 aromatic carbocycles. The van der Waals surface area contributed by atoms with Crippen LogP contribution in [-0.4, -0.2) is 36.0 Å². The number of nitrogens with zero attached hydrogens (tertiary/aromatic N) is 2. The molecule has 0 fully saturated rings. The third-order valence-electron chi connectivity index (χ3n) is 3.91. The molecule has 31 heavy (non-hydrogen) atoms. The zero-order chi connectivity index (χ0) is 22.2. The van der Waals surface area contributed by atoms with Crippen LogP contribution in [0, 0.1) is 0 Å². The van der Waals surface area contributed by atoms with Gasteiger partial charge in [-0.2, -0.15) is 5.10 Å². The predicted octanol–water partition coefficient (Wildman–Crippen LogP) is 5.21. The molecule has 1 heterocycles. The number of thiazole rings is 1. The average Bonchev–Trinajstić information content (AvgIpc) is 3.17. The minimum absolute atomic E-state index is 0.00223. The number of halogens is 1. The summed E-state index contributed by atoms with van der Waals surface area (Å²) in [5, 5.41) is 17.1. The Morgan fingerprint density at radius 2 is 2.19 bits per heavy atom. The van der Waals surface area contributed by atoms with Crippen LogP contribution < -0.4 is 10.2 Å². The Labute approximate surface area is 193 Å². The number of benzene rings is 2. The number of esters is 1. The molecule has 0 unspecified atom stereocenters. The number of methoxy groups -OCH3 is 1. The van der Waals surface area contributed by atoms with E-state index in [0.29, 0.717) is 28.0 Å². The van der Waals surface area contributed by atoms with Gasteiger partial charge in [-0.1, -0.05) is 35.5 Å². The number of carbonyl (C=O) groups excluding carboxylic acids is 1. The first-order chi connectivity index (χ1) is 15.0. The Morgan fingerprint density at radius 3 is 2.94 bits per heavy atom. The molecule has 0 amide bonds. The van der Waals surface area contributed by atoms with Crippen LogP contribution in [0.3, 0.4) is 0 Å². The molecule has 3 rings (SSSR count). The van der Waals surface area contributed by atoms with E-state index in [9.17, 15) is 9.90 Å². The van der Waals surface area contributed by atoms with Crippen molar-refractivity contribution in [3.8, 4) is 11.5 Å². The summed E-state index contributed by atoms with van der Waals surface area (Å²) < 4.78 is 10.3.